The van der Waals surface area contributed by atoms with Gasteiger partial charge in [0.1, 0.15) is 0 Å². The van der Waals surface area contributed by atoms with Crippen LogP contribution in [-0.2, 0) is 14.2 Å². The van der Waals surface area contributed by atoms with E-state index < -0.39 is 0 Å². The van der Waals surface area contributed by atoms with Crippen LogP contribution < -0.4 is 0 Å². The number of unbranched alkanes of at least 4 members (excludes halogenated alkanes) is 2. The molecule has 1 atom stereocenters. The molecule has 0 bridgehead atoms. The first-order valence-electron chi connectivity index (χ1n) is 6.80. The Morgan fingerprint density at radius 1 is 1.12 bits per heavy atom. The van der Waals surface area contributed by atoms with E-state index in [0.29, 0.717) is 0 Å². The second kappa shape index (κ2) is 10.8. The lowest BCUT2D eigenvalue weighted by Gasteiger charge is -2.22. The maximum Gasteiger partial charge on any atom is 0.157 e. The predicted molar refractivity (Wildman–Crippen MR) is 69.0 cm³/mol. The molecule has 0 aromatic carbocycles. The molecule has 3 heteroatoms. The predicted octanol–water partition coefficient (Wildman–Crippen LogP) is 3.29. The molecule has 0 aliphatic carbocycles. The molecule has 1 aliphatic heterocycles. The number of allylic oxidation sites excluding steroid dienone is 2. The fraction of sp³-hybridized carbons (Fsp3) is 0.857. The highest BCUT2D eigenvalue weighted by atomic mass is 16.7. The molecule has 0 aromatic rings. The molecule has 1 aliphatic rings. The Balaban J connectivity index is 1.83. The van der Waals surface area contributed by atoms with Gasteiger partial charge in [0.05, 0.1) is 6.61 Å². The largest absolute Gasteiger partial charge is 0.385 e. The van der Waals surface area contributed by atoms with Crippen molar-refractivity contribution in [1.82, 2.24) is 0 Å². The first-order chi connectivity index (χ1) is 8.43. The van der Waals surface area contributed by atoms with Crippen molar-refractivity contribution in [3.63, 3.8) is 0 Å². The van der Waals surface area contributed by atoms with Gasteiger partial charge >= 0.3 is 0 Å². The van der Waals surface area contributed by atoms with E-state index in [4.69, 9.17) is 14.2 Å². The van der Waals surface area contributed by atoms with Crippen molar-refractivity contribution in [3.05, 3.63) is 12.2 Å². The quantitative estimate of drug-likeness (QED) is 0.458. The van der Waals surface area contributed by atoms with Gasteiger partial charge in [-0.15, -0.1) is 0 Å². The molecule has 0 aromatic heterocycles. The monoisotopic (exact) mass is 242 g/mol. The van der Waals surface area contributed by atoms with E-state index >= 15 is 0 Å². The minimum absolute atomic E-state index is 0.0643. The number of methoxy groups -OCH3 is 1. The molecule has 3 nitrogen and oxygen atoms in total. The number of hydrogen-bond acceptors (Lipinski definition) is 3. The van der Waals surface area contributed by atoms with E-state index in [0.717, 1.165) is 51.9 Å². The van der Waals surface area contributed by atoms with Crippen LogP contribution in [-0.4, -0.2) is 33.2 Å². The maximum absolute atomic E-state index is 5.65. The van der Waals surface area contributed by atoms with E-state index in [1.54, 1.807) is 7.11 Å². The molecule has 0 radical (unpaired) electrons. The molecule has 0 unspecified atom stereocenters. The van der Waals surface area contributed by atoms with Crippen LogP contribution in [0.2, 0.25) is 0 Å². The highest BCUT2D eigenvalue weighted by molar-refractivity contribution is 4.81. The lowest BCUT2D eigenvalue weighted by Crippen LogP contribution is -2.22. The Hall–Kier alpha value is -0.380. The first kappa shape index (κ1) is 14.7. The topological polar surface area (TPSA) is 27.7 Å². The normalized spacial score (nSPS) is 21.1. The smallest absolute Gasteiger partial charge is 0.157 e. The summed E-state index contributed by atoms with van der Waals surface area (Å²) in [5.41, 5.74) is 0. The number of hydrogen-bond donors (Lipinski definition) is 0. The minimum atomic E-state index is 0.0643. The Morgan fingerprint density at radius 2 is 1.88 bits per heavy atom. The van der Waals surface area contributed by atoms with Crippen molar-refractivity contribution in [1.29, 1.82) is 0 Å². The third-order valence-corrected chi connectivity index (χ3v) is 2.84. The van der Waals surface area contributed by atoms with Crippen LogP contribution in [0.4, 0.5) is 0 Å². The summed E-state index contributed by atoms with van der Waals surface area (Å²) in [4.78, 5) is 0. The molecule has 1 rings (SSSR count). The molecule has 17 heavy (non-hydrogen) atoms. The van der Waals surface area contributed by atoms with Crippen molar-refractivity contribution >= 4 is 0 Å². The Labute approximate surface area is 105 Å². The van der Waals surface area contributed by atoms with E-state index in [2.05, 4.69) is 12.2 Å². The maximum atomic E-state index is 5.65. The van der Waals surface area contributed by atoms with Gasteiger partial charge in [0.2, 0.25) is 0 Å². The molecular weight excluding hydrogens is 216 g/mol. The highest BCUT2D eigenvalue weighted by Gasteiger charge is 2.12. The van der Waals surface area contributed by atoms with E-state index in [9.17, 15) is 0 Å². The molecule has 0 spiro atoms. The van der Waals surface area contributed by atoms with Gasteiger partial charge in [0.15, 0.2) is 6.29 Å². The van der Waals surface area contributed by atoms with E-state index in [1.807, 2.05) is 0 Å². The molecule has 0 saturated carbocycles. The lowest BCUT2D eigenvalue weighted by molar-refractivity contribution is -0.162. The van der Waals surface area contributed by atoms with Gasteiger partial charge in [-0.3, -0.25) is 0 Å². The highest BCUT2D eigenvalue weighted by Crippen LogP contribution is 2.13. The zero-order valence-corrected chi connectivity index (χ0v) is 11.0. The average molecular weight is 242 g/mol. The standard InChI is InChI=1S/C14H26O3/c1-15-11-7-4-2-3-5-8-12-16-14-10-6-9-13-17-14/h2-3,14H,4-13H2,1H3/b3-2-/t14-/m1/s1. The molecule has 0 amide bonds. The summed E-state index contributed by atoms with van der Waals surface area (Å²) in [5, 5.41) is 0. The van der Waals surface area contributed by atoms with Crippen LogP contribution in [0.15, 0.2) is 12.2 Å². The third kappa shape index (κ3) is 8.36. The van der Waals surface area contributed by atoms with Gasteiger partial charge in [-0.1, -0.05) is 12.2 Å². The van der Waals surface area contributed by atoms with Gasteiger partial charge in [0, 0.05) is 20.3 Å². The molecule has 1 fully saturated rings. The third-order valence-electron chi connectivity index (χ3n) is 2.84. The van der Waals surface area contributed by atoms with Gasteiger partial charge < -0.3 is 14.2 Å². The summed E-state index contributed by atoms with van der Waals surface area (Å²) < 4.78 is 16.1. The minimum Gasteiger partial charge on any atom is -0.385 e. The summed E-state index contributed by atoms with van der Waals surface area (Å²) in [5.74, 6) is 0. The van der Waals surface area contributed by atoms with E-state index in [-0.39, 0.29) is 6.29 Å². The second-order valence-electron chi connectivity index (χ2n) is 4.42. The zero-order valence-electron chi connectivity index (χ0n) is 11.0. The van der Waals surface area contributed by atoms with E-state index in [1.165, 1.54) is 12.8 Å². The van der Waals surface area contributed by atoms with Crippen molar-refractivity contribution in [2.75, 3.05) is 26.9 Å². The van der Waals surface area contributed by atoms with Crippen LogP contribution in [0.1, 0.15) is 44.9 Å². The Kier molecular flexibility index (Phi) is 9.29. The van der Waals surface area contributed by atoms with Crippen molar-refractivity contribution in [2.45, 2.75) is 51.2 Å². The lowest BCUT2D eigenvalue weighted by atomic mass is 10.2. The molecule has 1 saturated heterocycles. The summed E-state index contributed by atoms with van der Waals surface area (Å²) in [6.45, 7) is 2.53. The second-order valence-corrected chi connectivity index (χ2v) is 4.42. The van der Waals surface area contributed by atoms with Gasteiger partial charge in [0.25, 0.3) is 0 Å². The van der Waals surface area contributed by atoms with Crippen LogP contribution in [0.5, 0.6) is 0 Å². The van der Waals surface area contributed by atoms with Crippen LogP contribution in [0.3, 0.4) is 0 Å². The summed E-state index contributed by atoms with van der Waals surface area (Å²) in [6.07, 6.45) is 12.4. The SMILES string of the molecule is COCCC/C=C\CCCO[C@H]1CCCCO1. The summed E-state index contributed by atoms with van der Waals surface area (Å²) in [7, 11) is 1.74. The molecule has 0 N–H and O–H groups in total. The summed E-state index contributed by atoms with van der Waals surface area (Å²) >= 11 is 0. The van der Waals surface area contributed by atoms with Gasteiger partial charge in [-0.25, -0.2) is 0 Å². The zero-order chi connectivity index (χ0) is 12.2. The van der Waals surface area contributed by atoms with Crippen LogP contribution in [0.25, 0.3) is 0 Å². The number of ether oxygens (including phenoxy) is 3. The molecule has 100 valence electrons. The summed E-state index contributed by atoms with van der Waals surface area (Å²) in [6, 6.07) is 0. The first-order valence-corrected chi connectivity index (χ1v) is 6.80. The molecular formula is C14H26O3. The van der Waals surface area contributed by atoms with Crippen molar-refractivity contribution in [2.24, 2.45) is 0 Å². The molecule has 1 heterocycles. The van der Waals surface area contributed by atoms with Gasteiger partial charge in [-0.05, 0) is 44.9 Å². The Bertz CT molecular complexity index is 186. The van der Waals surface area contributed by atoms with Crippen LogP contribution >= 0.6 is 0 Å². The number of rotatable bonds is 9. The fourth-order valence-corrected chi connectivity index (χ4v) is 1.84. The fourth-order valence-electron chi connectivity index (χ4n) is 1.84. The Morgan fingerprint density at radius 3 is 2.53 bits per heavy atom. The van der Waals surface area contributed by atoms with Crippen molar-refractivity contribution in [3.8, 4) is 0 Å². The van der Waals surface area contributed by atoms with Crippen LogP contribution in [0, 0.1) is 0 Å². The van der Waals surface area contributed by atoms with Crippen molar-refractivity contribution < 1.29 is 14.2 Å². The van der Waals surface area contributed by atoms with Gasteiger partial charge in [-0.2, -0.15) is 0 Å². The average Bonchev–Trinajstić information content (AvgIpc) is 2.38.